The van der Waals surface area contributed by atoms with Gasteiger partial charge in [-0.3, -0.25) is 4.79 Å². The van der Waals surface area contributed by atoms with E-state index in [1.165, 1.54) is 6.92 Å². The van der Waals surface area contributed by atoms with Gasteiger partial charge in [0.25, 0.3) is 0 Å². The van der Waals surface area contributed by atoms with Crippen molar-refractivity contribution in [3.8, 4) is 11.5 Å². The number of Topliss-reactive ketones (excluding diaryl/α,β-unsaturated/α-hetero) is 1. The molecule has 1 aliphatic heterocycles. The maximum absolute atomic E-state index is 12.0. The number of allylic oxidation sites excluding steroid dienone is 1. The summed E-state index contributed by atoms with van der Waals surface area (Å²) in [7, 11) is 0. The van der Waals surface area contributed by atoms with Crippen LogP contribution >= 0.6 is 0 Å². The average Bonchev–Trinajstić information content (AvgIpc) is 2.55. The highest BCUT2D eigenvalue weighted by Gasteiger charge is 2.29. The quantitative estimate of drug-likeness (QED) is 0.902. The maximum atomic E-state index is 12.0. The van der Waals surface area contributed by atoms with E-state index in [9.17, 15) is 9.59 Å². The number of hydrogen-bond acceptors (Lipinski definition) is 3. The van der Waals surface area contributed by atoms with Gasteiger partial charge in [0.05, 0.1) is 6.04 Å². The molecule has 1 atom stereocenters. The molecule has 1 heterocycles. The van der Waals surface area contributed by atoms with Crippen LogP contribution in [0.4, 0.5) is 4.79 Å². The van der Waals surface area contributed by atoms with Crippen LogP contribution in [0, 0.1) is 0 Å². The number of hydrogen-bond donors (Lipinski definition) is 2. The van der Waals surface area contributed by atoms with Crippen LogP contribution in [0.25, 0.3) is 0 Å². The minimum Gasteiger partial charge on any atom is -0.457 e. The largest absolute Gasteiger partial charge is 0.457 e. The molecule has 2 amide bonds. The summed E-state index contributed by atoms with van der Waals surface area (Å²) in [6.07, 6.45) is 0. The second-order valence-corrected chi connectivity index (χ2v) is 5.61. The number of carbonyl (C=O) groups excluding carboxylic acids is 2. The number of amides is 2. The molecule has 5 heteroatoms. The maximum Gasteiger partial charge on any atom is 0.319 e. The number of para-hydroxylation sites is 1. The Balaban J connectivity index is 1.94. The van der Waals surface area contributed by atoms with Crippen LogP contribution in [0.2, 0.25) is 0 Å². The molecule has 3 rings (SSSR count). The van der Waals surface area contributed by atoms with E-state index in [2.05, 4.69) is 10.6 Å². The van der Waals surface area contributed by atoms with Crippen molar-refractivity contribution in [3.63, 3.8) is 0 Å². The van der Waals surface area contributed by atoms with E-state index in [-0.39, 0.29) is 11.8 Å². The van der Waals surface area contributed by atoms with Crippen LogP contribution in [0.1, 0.15) is 25.5 Å². The number of nitrogens with one attached hydrogen (secondary N) is 2. The van der Waals surface area contributed by atoms with Gasteiger partial charge < -0.3 is 15.4 Å². The smallest absolute Gasteiger partial charge is 0.319 e. The first kappa shape index (κ1) is 15.8. The summed E-state index contributed by atoms with van der Waals surface area (Å²) in [4.78, 5) is 23.8. The fraction of sp³-hybridized carbons (Fsp3) is 0.158. The molecule has 1 aliphatic rings. The molecule has 0 bridgehead atoms. The minimum atomic E-state index is -0.490. The first-order valence-electron chi connectivity index (χ1n) is 7.66. The number of ketones is 1. The lowest BCUT2D eigenvalue weighted by atomic mass is 9.93. The molecule has 0 saturated carbocycles. The van der Waals surface area contributed by atoms with Crippen molar-refractivity contribution in [2.45, 2.75) is 19.9 Å². The molecule has 0 saturated heterocycles. The molecule has 2 aromatic rings. The van der Waals surface area contributed by atoms with Crippen molar-refractivity contribution in [1.82, 2.24) is 10.6 Å². The molecule has 2 N–H and O–H groups in total. The summed E-state index contributed by atoms with van der Waals surface area (Å²) in [6, 6.07) is 16.0. The molecular formula is C19H18N2O3. The molecule has 0 spiro atoms. The third-order valence-electron chi connectivity index (χ3n) is 3.82. The lowest BCUT2D eigenvalue weighted by Crippen LogP contribution is -2.44. The standard InChI is InChI=1S/C19H18N2O3/c1-12-17(13(2)22)18(21-19(23)20-12)14-7-6-10-16(11-14)24-15-8-4-3-5-9-15/h3-11,18H,1-2H3,(H2,20,21,23). The second-order valence-electron chi connectivity index (χ2n) is 5.61. The molecular weight excluding hydrogens is 304 g/mol. The lowest BCUT2D eigenvalue weighted by Gasteiger charge is -2.28. The molecule has 0 fully saturated rings. The molecule has 122 valence electrons. The molecule has 0 radical (unpaired) electrons. The lowest BCUT2D eigenvalue weighted by molar-refractivity contribution is -0.114. The fourth-order valence-corrected chi connectivity index (χ4v) is 2.79. The van der Waals surface area contributed by atoms with Gasteiger partial charge in [-0.2, -0.15) is 0 Å². The fourth-order valence-electron chi connectivity index (χ4n) is 2.79. The van der Waals surface area contributed by atoms with Gasteiger partial charge in [0.1, 0.15) is 11.5 Å². The highest BCUT2D eigenvalue weighted by atomic mass is 16.5. The van der Waals surface area contributed by atoms with E-state index in [0.717, 1.165) is 11.3 Å². The van der Waals surface area contributed by atoms with Gasteiger partial charge in [0.2, 0.25) is 0 Å². The highest BCUT2D eigenvalue weighted by Crippen LogP contribution is 2.30. The zero-order valence-corrected chi connectivity index (χ0v) is 13.5. The number of urea groups is 1. The van der Waals surface area contributed by atoms with Crippen molar-refractivity contribution in [3.05, 3.63) is 71.4 Å². The summed E-state index contributed by atoms with van der Waals surface area (Å²) in [5.41, 5.74) is 1.92. The molecule has 2 aromatic carbocycles. The predicted molar refractivity (Wildman–Crippen MR) is 90.7 cm³/mol. The predicted octanol–water partition coefficient (Wildman–Crippen LogP) is 3.70. The Morgan fingerprint density at radius 2 is 1.75 bits per heavy atom. The van der Waals surface area contributed by atoms with Crippen LogP contribution in [-0.4, -0.2) is 11.8 Å². The van der Waals surface area contributed by atoms with Crippen LogP contribution in [0.3, 0.4) is 0 Å². The molecule has 5 nitrogen and oxygen atoms in total. The van der Waals surface area contributed by atoms with Gasteiger partial charge in [-0.15, -0.1) is 0 Å². The van der Waals surface area contributed by atoms with Crippen molar-refractivity contribution in [1.29, 1.82) is 0 Å². The Hall–Kier alpha value is -3.08. The Morgan fingerprint density at radius 3 is 2.46 bits per heavy atom. The summed E-state index contributed by atoms with van der Waals surface area (Å²) >= 11 is 0. The highest BCUT2D eigenvalue weighted by molar-refractivity contribution is 5.98. The van der Waals surface area contributed by atoms with Crippen molar-refractivity contribution < 1.29 is 14.3 Å². The van der Waals surface area contributed by atoms with Crippen LogP contribution < -0.4 is 15.4 Å². The number of benzene rings is 2. The van der Waals surface area contributed by atoms with Gasteiger partial charge in [-0.05, 0) is 43.7 Å². The normalized spacial score (nSPS) is 17.1. The van der Waals surface area contributed by atoms with Gasteiger partial charge in [0.15, 0.2) is 5.78 Å². The van der Waals surface area contributed by atoms with Crippen molar-refractivity contribution >= 4 is 11.8 Å². The van der Waals surface area contributed by atoms with Crippen LogP contribution in [-0.2, 0) is 4.79 Å². The Labute approximate surface area is 140 Å². The number of ether oxygens (including phenoxy) is 1. The Morgan fingerprint density at radius 1 is 1.04 bits per heavy atom. The third kappa shape index (κ3) is 3.30. The number of carbonyl (C=O) groups is 2. The number of rotatable bonds is 4. The molecule has 24 heavy (non-hydrogen) atoms. The van der Waals surface area contributed by atoms with E-state index in [1.54, 1.807) is 6.92 Å². The second kappa shape index (κ2) is 6.58. The zero-order chi connectivity index (χ0) is 17.1. The van der Waals surface area contributed by atoms with Crippen molar-refractivity contribution in [2.75, 3.05) is 0 Å². The van der Waals surface area contributed by atoms with Gasteiger partial charge in [0, 0.05) is 11.3 Å². The molecule has 0 aromatic heterocycles. The first-order valence-corrected chi connectivity index (χ1v) is 7.66. The summed E-state index contributed by atoms with van der Waals surface area (Å²) in [5.74, 6) is 1.29. The molecule has 1 unspecified atom stereocenters. The monoisotopic (exact) mass is 322 g/mol. The van der Waals surface area contributed by atoms with E-state index in [1.807, 2.05) is 54.6 Å². The Kier molecular flexibility index (Phi) is 4.33. The van der Waals surface area contributed by atoms with Crippen molar-refractivity contribution in [2.24, 2.45) is 0 Å². The van der Waals surface area contributed by atoms with E-state index in [4.69, 9.17) is 4.74 Å². The van der Waals surface area contributed by atoms with Gasteiger partial charge in [-0.25, -0.2) is 4.79 Å². The van der Waals surface area contributed by atoms with Gasteiger partial charge >= 0.3 is 6.03 Å². The zero-order valence-electron chi connectivity index (χ0n) is 13.5. The van der Waals surface area contributed by atoms with Gasteiger partial charge in [-0.1, -0.05) is 30.3 Å². The SMILES string of the molecule is CC(=O)C1=C(C)NC(=O)NC1c1cccc(Oc2ccccc2)c1. The topological polar surface area (TPSA) is 67.4 Å². The third-order valence-corrected chi connectivity index (χ3v) is 3.82. The summed E-state index contributed by atoms with van der Waals surface area (Å²) < 4.78 is 5.83. The van der Waals surface area contributed by atoms with E-state index in [0.29, 0.717) is 17.0 Å². The average molecular weight is 322 g/mol. The van der Waals surface area contributed by atoms with Crippen LogP contribution in [0.5, 0.6) is 11.5 Å². The minimum absolute atomic E-state index is 0.0839. The first-order chi connectivity index (χ1) is 11.5. The summed E-state index contributed by atoms with van der Waals surface area (Å²) in [6.45, 7) is 3.22. The van der Waals surface area contributed by atoms with Crippen LogP contribution in [0.15, 0.2) is 65.9 Å². The Bertz CT molecular complexity index is 812. The summed E-state index contributed by atoms with van der Waals surface area (Å²) in [5, 5.41) is 5.44. The van der Waals surface area contributed by atoms with E-state index >= 15 is 0 Å². The van der Waals surface area contributed by atoms with E-state index < -0.39 is 6.04 Å². The molecule has 0 aliphatic carbocycles.